The second-order valence-corrected chi connectivity index (χ2v) is 2.49. The topological polar surface area (TPSA) is 60.7 Å². The summed E-state index contributed by atoms with van der Waals surface area (Å²) in [6.07, 6.45) is 0. The Labute approximate surface area is 103 Å². The molecule has 3 nitrogen and oxygen atoms in total. The first-order valence-corrected chi connectivity index (χ1v) is 5.03. The first kappa shape index (κ1) is 17.6. The van der Waals surface area contributed by atoms with Crippen molar-refractivity contribution in [3.05, 3.63) is 66.7 Å². The summed E-state index contributed by atoms with van der Waals surface area (Å²) in [5.74, 6) is 0.322. The molecular weight excluding hydrogens is 216 g/mol. The largest absolute Gasteiger partial charge is 0.508 e. The lowest BCUT2D eigenvalue weighted by Crippen LogP contribution is -1.56. The summed E-state index contributed by atoms with van der Waals surface area (Å²) in [5, 5.41) is 22.6. The number of hydrogen-bond acceptors (Lipinski definition) is 3. The summed E-state index contributed by atoms with van der Waals surface area (Å²) in [7, 11) is 2.00. The normalized spacial score (nSPS) is 7.06. The molecule has 94 valence electrons. The van der Waals surface area contributed by atoms with Crippen LogP contribution < -0.4 is 0 Å². The van der Waals surface area contributed by atoms with Gasteiger partial charge in [0.1, 0.15) is 5.75 Å². The van der Waals surface area contributed by atoms with Crippen molar-refractivity contribution in [2.24, 2.45) is 0 Å². The van der Waals surface area contributed by atoms with Gasteiger partial charge in [-0.15, -0.1) is 0 Å². The number of benzene rings is 2. The second-order valence-electron chi connectivity index (χ2n) is 2.49. The molecule has 0 aromatic heterocycles. The first-order valence-electron chi connectivity index (χ1n) is 5.03. The fourth-order valence-corrected chi connectivity index (χ4v) is 0.813. The summed E-state index contributed by atoms with van der Waals surface area (Å²) in [6.45, 7) is 0. The van der Waals surface area contributed by atoms with Gasteiger partial charge in [0.15, 0.2) is 0 Å². The molecule has 0 radical (unpaired) electrons. The predicted octanol–water partition coefficient (Wildman–Crippen LogP) is 2.30. The van der Waals surface area contributed by atoms with Gasteiger partial charge in [-0.1, -0.05) is 54.6 Å². The highest BCUT2D eigenvalue weighted by Crippen LogP contribution is 2.02. The molecule has 2 aromatic rings. The van der Waals surface area contributed by atoms with Crippen LogP contribution in [0.1, 0.15) is 0 Å². The molecule has 2 rings (SSSR count). The van der Waals surface area contributed by atoms with Crippen molar-refractivity contribution in [1.29, 1.82) is 0 Å². The highest BCUT2D eigenvalue weighted by molar-refractivity contribution is 5.18. The molecule has 0 aliphatic rings. The minimum atomic E-state index is 0.322. The lowest BCUT2D eigenvalue weighted by atomic mass is 10.3. The van der Waals surface area contributed by atoms with Crippen molar-refractivity contribution in [3.63, 3.8) is 0 Å². The van der Waals surface area contributed by atoms with Crippen molar-refractivity contribution < 1.29 is 15.3 Å². The summed E-state index contributed by atoms with van der Waals surface area (Å²) in [4.78, 5) is 0. The van der Waals surface area contributed by atoms with Gasteiger partial charge >= 0.3 is 0 Å². The third-order valence-corrected chi connectivity index (χ3v) is 1.42. The molecule has 0 fully saturated rings. The minimum Gasteiger partial charge on any atom is -0.508 e. The minimum absolute atomic E-state index is 0.322. The zero-order valence-electron chi connectivity index (χ0n) is 10.2. The molecule has 0 spiro atoms. The van der Waals surface area contributed by atoms with Crippen LogP contribution in [0.2, 0.25) is 0 Å². The molecule has 2 aromatic carbocycles. The van der Waals surface area contributed by atoms with Crippen LogP contribution in [0.25, 0.3) is 0 Å². The third-order valence-electron chi connectivity index (χ3n) is 1.42. The summed E-state index contributed by atoms with van der Waals surface area (Å²) < 4.78 is 0. The van der Waals surface area contributed by atoms with Crippen LogP contribution in [-0.4, -0.2) is 29.5 Å². The Balaban J connectivity index is 0. The monoisotopic (exact) mass is 236 g/mol. The van der Waals surface area contributed by atoms with Gasteiger partial charge in [0.25, 0.3) is 0 Å². The Morgan fingerprint density at radius 2 is 0.765 bits per heavy atom. The summed E-state index contributed by atoms with van der Waals surface area (Å²) in [6, 6.07) is 20.7. The maximum absolute atomic E-state index is 8.63. The first-order chi connectivity index (χ1) is 8.39. The van der Waals surface area contributed by atoms with Crippen molar-refractivity contribution in [3.8, 4) is 5.75 Å². The molecule has 0 heterocycles. The van der Waals surface area contributed by atoms with E-state index in [0.29, 0.717) is 5.75 Å². The van der Waals surface area contributed by atoms with E-state index in [4.69, 9.17) is 15.3 Å². The van der Waals surface area contributed by atoms with Gasteiger partial charge in [0.2, 0.25) is 0 Å². The molecule has 0 unspecified atom stereocenters. The van der Waals surface area contributed by atoms with E-state index in [2.05, 4.69) is 0 Å². The fourth-order valence-electron chi connectivity index (χ4n) is 0.813. The van der Waals surface area contributed by atoms with E-state index in [-0.39, 0.29) is 0 Å². The molecular formula is C14H20O3. The van der Waals surface area contributed by atoms with E-state index in [1.165, 1.54) is 0 Å². The van der Waals surface area contributed by atoms with Crippen LogP contribution in [0.4, 0.5) is 0 Å². The molecule has 17 heavy (non-hydrogen) atoms. The summed E-state index contributed by atoms with van der Waals surface area (Å²) in [5.41, 5.74) is 0. The van der Waals surface area contributed by atoms with Crippen LogP contribution in [0.5, 0.6) is 5.75 Å². The number of aromatic hydroxyl groups is 1. The second kappa shape index (κ2) is 16.6. The van der Waals surface area contributed by atoms with Crippen molar-refractivity contribution >= 4 is 0 Å². The Kier molecular flexibility index (Phi) is 17.1. The van der Waals surface area contributed by atoms with E-state index in [1.807, 2.05) is 42.5 Å². The quantitative estimate of drug-likeness (QED) is 0.657. The average molecular weight is 236 g/mol. The van der Waals surface area contributed by atoms with Gasteiger partial charge in [-0.05, 0) is 12.1 Å². The van der Waals surface area contributed by atoms with E-state index in [0.717, 1.165) is 14.2 Å². The Hall–Kier alpha value is -1.84. The summed E-state index contributed by atoms with van der Waals surface area (Å²) >= 11 is 0. The number of hydrogen-bond donors (Lipinski definition) is 3. The zero-order valence-corrected chi connectivity index (χ0v) is 10.2. The number of phenols is 1. The predicted molar refractivity (Wildman–Crippen MR) is 70.8 cm³/mol. The highest BCUT2D eigenvalue weighted by atomic mass is 16.3. The van der Waals surface area contributed by atoms with Gasteiger partial charge in [-0.2, -0.15) is 0 Å². The van der Waals surface area contributed by atoms with Gasteiger partial charge < -0.3 is 15.3 Å². The maximum atomic E-state index is 8.63. The smallest absolute Gasteiger partial charge is 0.115 e. The molecule has 0 aliphatic carbocycles. The molecule has 0 amide bonds. The van der Waals surface area contributed by atoms with Crippen LogP contribution in [0.15, 0.2) is 66.7 Å². The van der Waals surface area contributed by atoms with Crippen molar-refractivity contribution in [2.45, 2.75) is 0 Å². The zero-order chi connectivity index (χ0) is 13.4. The number of rotatable bonds is 0. The van der Waals surface area contributed by atoms with Crippen molar-refractivity contribution in [2.75, 3.05) is 14.2 Å². The lowest BCUT2D eigenvalue weighted by Gasteiger charge is -1.82. The number of aliphatic hydroxyl groups excluding tert-OH is 2. The molecule has 0 atom stereocenters. The number of phenolic OH excluding ortho intramolecular Hbond substituents is 1. The van der Waals surface area contributed by atoms with Gasteiger partial charge in [-0.25, -0.2) is 0 Å². The van der Waals surface area contributed by atoms with Gasteiger partial charge in [-0.3, -0.25) is 0 Å². The van der Waals surface area contributed by atoms with E-state index >= 15 is 0 Å². The third kappa shape index (κ3) is 14.2. The van der Waals surface area contributed by atoms with Crippen LogP contribution in [-0.2, 0) is 0 Å². The van der Waals surface area contributed by atoms with E-state index in [9.17, 15) is 0 Å². The Morgan fingerprint density at radius 3 is 0.941 bits per heavy atom. The van der Waals surface area contributed by atoms with Gasteiger partial charge in [0.05, 0.1) is 0 Å². The van der Waals surface area contributed by atoms with Crippen LogP contribution in [0.3, 0.4) is 0 Å². The maximum Gasteiger partial charge on any atom is 0.115 e. The molecule has 0 saturated heterocycles. The Morgan fingerprint density at radius 1 is 0.529 bits per heavy atom. The highest BCUT2D eigenvalue weighted by Gasteiger charge is 1.74. The van der Waals surface area contributed by atoms with Gasteiger partial charge in [0, 0.05) is 14.2 Å². The molecule has 3 N–H and O–H groups in total. The van der Waals surface area contributed by atoms with Crippen LogP contribution in [0, 0.1) is 0 Å². The number of para-hydroxylation sites is 1. The van der Waals surface area contributed by atoms with E-state index in [1.54, 1.807) is 24.3 Å². The standard InChI is InChI=1S/C6H6O.C6H6.2CH4O/c7-6-4-2-1-3-5-6;1-2-4-6-5-3-1;2*1-2/h1-5,7H;1-6H;2*2H,1H3. The average Bonchev–Trinajstić information content (AvgIpc) is 2.47. The molecule has 0 saturated carbocycles. The number of aliphatic hydroxyl groups is 2. The van der Waals surface area contributed by atoms with E-state index < -0.39 is 0 Å². The fraction of sp³-hybridized carbons (Fsp3) is 0.143. The SMILES string of the molecule is CO.CO.Oc1ccccc1.c1ccccc1. The Bertz CT molecular complexity index is 282. The lowest BCUT2D eigenvalue weighted by molar-refractivity contribution is 0.399. The van der Waals surface area contributed by atoms with Crippen LogP contribution >= 0.6 is 0 Å². The molecule has 0 bridgehead atoms. The van der Waals surface area contributed by atoms with Crippen molar-refractivity contribution in [1.82, 2.24) is 0 Å². The molecule has 3 heteroatoms. The molecule has 0 aliphatic heterocycles.